The predicted molar refractivity (Wildman–Crippen MR) is 99.1 cm³/mol. The third-order valence-corrected chi connectivity index (χ3v) is 3.92. The van der Waals surface area contributed by atoms with Crippen LogP contribution in [-0.4, -0.2) is 3.71 Å². The zero-order valence-electron chi connectivity index (χ0n) is 13.4. The first-order valence-corrected chi connectivity index (χ1v) is 8.70. The van der Waals surface area contributed by atoms with Gasteiger partial charge >= 0.3 is 63.8 Å². The maximum absolute atomic E-state index is 2.99. The van der Waals surface area contributed by atoms with Gasteiger partial charge in [0.2, 0.25) is 0 Å². The fraction of sp³-hybridized carbons (Fsp3) is 0.0455. The van der Waals surface area contributed by atoms with Gasteiger partial charge in [0.25, 0.3) is 0 Å². The SMILES string of the molecule is [C-]1=CC=CC1.[CH3-].[Zr]=[CH]c1ccccc1.c1ccc2[cH-]ccc2c1. The molecule has 0 aromatic heterocycles. The van der Waals surface area contributed by atoms with Crippen molar-refractivity contribution in [1.29, 1.82) is 0 Å². The summed E-state index contributed by atoms with van der Waals surface area (Å²) in [5.41, 5.74) is 1.32. The minimum absolute atomic E-state index is 0. The van der Waals surface area contributed by atoms with E-state index in [1.54, 1.807) is 0 Å². The standard InChI is InChI=1S/C9H7.C7H6.C5H5.CH3.Zr/c1-2-5-9-7-3-6-8(9)4-1;1-7-5-3-2-4-6-7;1-2-4-5-3-1;;/h1-7H;1-6H;1-3H,4H2;1H3;/q-1;;2*-1;. The fourth-order valence-corrected chi connectivity index (χ4v) is 2.43. The van der Waals surface area contributed by atoms with E-state index in [0.29, 0.717) is 0 Å². The van der Waals surface area contributed by atoms with Crippen LogP contribution in [0.25, 0.3) is 10.8 Å². The maximum Gasteiger partial charge on any atom is -0.0809 e. The van der Waals surface area contributed by atoms with E-state index >= 15 is 0 Å². The summed E-state index contributed by atoms with van der Waals surface area (Å²) in [6.07, 6.45) is 10.0. The van der Waals surface area contributed by atoms with Crippen molar-refractivity contribution >= 4 is 14.5 Å². The van der Waals surface area contributed by atoms with Crippen LogP contribution in [0.15, 0.2) is 91.0 Å². The van der Waals surface area contributed by atoms with Gasteiger partial charge in [0.05, 0.1) is 0 Å². The Morgan fingerprint density at radius 3 is 2.22 bits per heavy atom. The van der Waals surface area contributed by atoms with Crippen LogP contribution < -0.4 is 0 Å². The summed E-state index contributed by atoms with van der Waals surface area (Å²) in [6, 6.07) is 25.0. The molecule has 0 amide bonds. The zero-order valence-corrected chi connectivity index (χ0v) is 15.9. The van der Waals surface area contributed by atoms with Gasteiger partial charge in [-0.15, -0.1) is 36.1 Å². The molecule has 0 spiro atoms. The van der Waals surface area contributed by atoms with Gasteiger partial charge < -0.3 is 7.43 Å². The Balaban J connectivity index is 0.000000175. The number of fused-ring (bicyclic) bond motifs is 1. The maximum atomic E-state index is 2.99. The molecule has 0 saturated heterocycles. The van der Waals surface area contributed by atoms with E-state index in [-0.39, 0.29) is 7.43 Å². The monoisotopic (exact) mass is 375 g/mol. The average Bonchev–Trinajstić information content (AvgIpc) is 3.30. The van der Waals surface area contributed by atoms with Crippen molar-refractivity contribution in [3.63, 3.8) is 0 Å². The second-order valence-corrected chi connectivity index (χ2v) is 5.42. The van der Waals surface area contributed by atoms with Crippen LogP contribution >= 0.6 is 0 Å². The van der Waals surface area contributed by atoms with Gasteiger partial charge in [-0.05, 0) is 0 Å². The third kappa shape index (κ3) is 7.39. The topological polar surface area (TPSA) is 0 Å². The van der Waals surface area contributed by atoms with Crippen LogP contribution in [-0.2, 0) is 24.2 Å². The van der Waals surface area contributed by atoms with Crippen LogP contribution in [0.2, 0.25) is 0 Å². The van der Waals surface area contributed by atoms with Crippen molar-refractivity contribution in [2.45, 2.75) is 6.42 Å². The smallest absolute Gasteiger partial charge is 0.0809 e. The summed E-state index contributed by atoms with van der Waals surface area (Å²) >= 11 is 1.46. The molecular formula is C22H21Zr-3. The van der Waals surface area contributed by atoms with Crippen molar-refractivity contribution in [1.82, 2.24) is 0 Å². The molecule has 1 aliphatic carbocycles. The molecule has 0 bridgehead atoms. The summed E-state index contributed by atoms with van der Waals surface area (Å²) < 4.78 is 2.17. The molecule has 0 atom stereocenters. The quantitative estimate of drug-likeness (QED) is 0.478. The van der Waals surface area contributed by atoms with E-state index < -0.39 is 0 Å². The summed E-state index contributed by atoms with van der Waals surface area (Å²) in [4.78, 5) is 0. The molecule has 3 aromatic carbocycles. The Morgan fingerprint density at radius 2 is 1.70 bits per heavy atom. The second kappa shape index (κ2) is 11.8. The van der Waals surface area contributed by atoms with Crippen LogP contribution in [0.4, 0.5) is 0 Å². The van der Waals surface area contributed by atoms with Gasteiger partial charge in [-0.2, -0.15) is 23.6 Å². The van der Waals surface area contributed by atoms with Gasteiger partial charge in [-0.3, -0.25) is 6.08 Å². The van der Waals surface area contributed by atoms with Crippen molar-refractivity contribution < 1.29 is 24.2 Å². The fourth-order valence-electron chi connectivity index (χ4n) is 1.96. The molecule has 0 unspecified atom stereocenters. The molecule has 0 radical (unpaired) electrons. The van der Waals surface area contributed by atoms with Gasteiger partial charge in [0, 0.05) is 0 Å². The molecule has 3 aromatic rings. The first-order chi connectivity index (χ1) is 10.9. The summed E-state index contributed by atoms with van der Waals surface area (Å²) in [7, 11) is 0. The van der Waals surface area contributed by atoms with Gasteiger partial charge in [-0.1, -0.05) is 6.07 Å². The second-order valence-electron chi connectivity index (χ2n) is 4.71. The Bertz CT molecular complexity index is 693. The van der Waals surface area contributed by atoms with E-state index in [9.17, 15) is 0 Å². The van der Waals surface area contributed by atoms with Crippen LogP contribution in [0, 0.1) is 13.5 Å². The Labute approximate surface area is 154 Å². The molecule has 0 fully saturated rings. The van der Waals surface area contributed by atoms with Crippen LogP contribution in [0.1, 0.15) is 12.0 Å². The largest absolute Gasteiger partial charge is 0.168 e. The van der Waals surface area contributed by atoms with Gasteiger partial charge in [0.15, 0.2) is 0 Å². The van der Waals surface area contributed by atoms with E-state index in [1.807, 2.05) is 18.2 Å². The molecule has 23 heavy (non-hydrogen) atoms. The minimum atomic E-state index is 0. The molecule has 0 saturated carbocycles. The number of benzene rings is 2. The molecule has 0 N–H and O–H groups in total. The van der Waals surface area contributed by atoms with Crippen molar-refractivity contribution in [3.8, 4) is 0 Å². The van der Waals surface area contributed by atoms with Crippen molar-refractivity contribution in [3.05, 3.63) is 110 Å². The van der Waals surface area contributed by atoms with Crippen molar-refractivity contribution in [2.75, 3.05) is 0 Å². The Kier molecular flexibility index (Phi) is 9.92. The first-order valence-electron chi connectivity index (χ1n) is 7.28. The normalized spacial score (nSPS) is 10.7. The minimum Gasteiger partial charge on any atom is -0.168 e. The molecule has 0 heterocycles. The molecule has 0 aliphatic heterocycles. The van der Waals surface area contributed by atoms with Crippen molar-refractivity contribution in [2.24, 2.45) is 0 Å². The van der Waals surface area contributed by atoms with Crippen LogP contribution in [0.3, 0.4) is 0 Å². The Morgan fingerprint density at radius 1 is 0.957 bits per heavy atom. The molecule has 0 nitrogen and oxygen atoms in total. The number of hydrogen-bond donors (Lipinski definition) is 0. The van der Waals surface area contributed by atoms with Gasteiger partial charge in [-0.25, -0.2) is 12.2 Å². The molecule has 4 rings (SSSR count). The van der Waals surface area contributed by atoms with E-state index in [0.717, 1.165) is 6.42 Å². The number of allylic oxidation sites excluding steroid dienone is 4. The van der Waals surface area contributed by atoms with E-state index in [4.69, 9.17) is 0 Å². The average molecular weight is 377 g/mol. The number of rotatable bonds is 1. The third-order valence-electron chi connectivity index (χ3n) is 3.10. The molecular weight excluding hydrogens is 355 g/mol. The van der Waals surface area contributed by atoms with Crippen LogP contribution in [0.5, 0.6) is 0 Å². The van der Waals surface area contributed by atoms with E-state index in [1.165, 1.54) is 40.6 Å². The summed E-state index contributed by atoms with van der Waals surface area (Å²) in [5.74, 6) is 0. The summed E-state index contributed by atoms with van der Waals surface area (Å²) in [6.45, 7) is 0. The first kappa shape index (κ1) is 19.3. The van der Waals surface area contributed by atoms with Gasteiger partial charge in [0.1, 0.15) is 0 Å². The Hall–Kier alpha value is -1.72. The molecule has 1 heteroatoms. The predicted octanol–water partition coefficient (Wildman–Crippen LogP) is 5.70. The molecule has 116 valence electrons. The molecule has 1 aliphatic rings. The summed E-state index contributed by atoms with van der Waals surface area (Å²) in [5, 5.41) is 2.66. The van der Waals surface area contributed by atoms with E-state index in [2.05, 4.69) is 82.6 Å². The number of hydrogen-bond acceptors (Lipinski definition) is 0. The zero-order chi connectivity index (χ0) is 15.5.